The SMILES string of the molecule is CC(CC1CCCCN1)NCC(O)C(C)C. The van der Waals surface area contributed by atoms with Gasteiger partial charge in [0.2, 0.25) is 0 Å². The van der Waals surface area contributed by atoms with Crippen molar-refractivity contribution in [1.82, 2.24) is 10.6 Å². The van der Waals surface area contributed by atoms with Crippen molar-refractivity contribution in [2.75, 3.05) is 13.1 Å². The number of aliphatic hydroxyl groups is 1. The zero-order chi connectivity index (χ0) is 12.0. The largest absolute Gasteiger partial charge is 0.392 e. The van der Waals surface area contributed by atoms with Gasteiger partial charge in [0.1, 0.15) is 0 Å². The number of piperidine rings is 1. The van der Waals surface area contributed by atoms with Crippen molar-refractivity contribution in [2.45, 2.75) is 64.6 Å². The maximum absolute atomic E-state index is 9.70. The van der Waals surface area contributed by atoms with Gasteiger partial charge in [-0.25, -0.2) is 0 Å². The van der Waals surface area contributed by atoms with Gasteiger partial charge in [-0.15, -0.1) is 0 Å². The van der Waals surface area contributed by atoms with Gasteiger partial charge in [-0.3, -0.25) is 0 Å². The van der Waals surface area contributed by atoms with E-state index >= 15 is 0 Å². The summed E-state index contributed by atoms with van der Waals surface area (Å²) in [5, 5.41) is 16.7. The fourth-order valence-electron chi connectivity index (χ4n) is 2.19. The van der Waals surface area contributed by atoms with E-state index in [1.807, 2.05) is 0 Å². The van der Waals surface area contributed by atoms with E-state index < -0.39 is 0 Å². The summed E-state index contributed by atoms with van der Waals surface area (Å²) in [4.78, 5) is 0. The van der Waals surface area contributed by atoms with E-state index in [1.54, 1.807) is 0 Å². The number of nitrogens with one attached hydrogen (secondary N) is 2. The molecule has 1 aliphatic rings. The zero-order valence-corrected chi connectivity index (χ0v) is 11.0. The number of rotatable bonds is 6. The molecule has 0 spiro atoms. The average molecular weight is 228 g/mol. The van der Waals surface area contributed by atoms with Gasteiger partial charge < -0.3 is 15.7 Å². The topological polar surface area (TPSA) is 44.3 Å². The van der Waals surface area contributed by atoms with Crippen LogP contribution in [0.25, 0.3) is 0 Å². The summed E-state index contributed by atoms with van der Waals surface area (Å²) in [6.45, 7) is 8.21. The predicted molar refractivity (Wildman–Crippen MR) is 68.6 cm³/mol. The molecule has 3 N–H and O–H groups in total. The van der Waals surface area contributed by atoms with Gasteiger partial charge in [-0.2, -0.15) is 0 Å². The lowest BCUT2D eigenvalue weighted by molar-refractivity contribution is 0.119. The van der Waals surface area contributed by atoms with Crippen molar-refractivity contribution < 1.29 is 5.11 Å². The molecule has 1 fully saturated rings. The van der Waals surface area contributed by atoms with Crippen LogP contribution < -0.4 is 10.6 Å². The lowest BCUT2D eigenvalue weighted by Crippen LogP contribution is -2.42. The van der Waals surface area contributed by atoms with Crippen LogP contribution >= 0.6 is 0 Å². The highest BCUT2D eigenvalue weighted by Crippen LogP contribution is 2.12. The van der Waals surface area contributed by atoms with Crippen LogP contribution in [0.15, 0.2) is 0 Å². The molecule has 0 aromatic rings. The van der Waals surface area contributed by atoms with Crippen LogP contribution in [-0.4, -0.2) is 36.4 Å². The van der Waals surface area contributed by atoms with Gasteiger partial charge in [0.25, 0.3) is 0 Å². The van der Waals surface area contributed by atoms with Gasteiger partial charge in [0.05, 0.1) is 6.10 Å². The maximum atomic E-state index is 9.70. The number of hydrogen-bond donors (Lipinski definition) is 3. The van der Waals surface area contributed by atoms with E-state index in [-0.39, 0.29) is 6.10 Å². The molecular weight excluding hydrogens is 200 g/mol. The Hall–Kier alpha value is -0.120. The molecule has 0 radical (unpaired) electrons. The van der Waals surface area contributed by atoms with E-state index in [9.17, 15) is 5.11 Å². The highest BCUT2D eigenvalue weighted by Gasteiger charge is 2.16. The molecule has 0 saturated carbocycles. The lowest BCUT2D eigenvalue weighted by Gasteiger charge is -2.27. The first-order valence-corrected chi connectivity index (χ1v) is 6.74. The molecule has 3 unspecified atom stereocenters. The van der Waals surface area contributed by atoms with Crippen LogP contribution in [0.4, 0.5) is 0 Å². The van der Waals surface area contributed by atoms with Gasteiger partial charge in [0.15, 0.2) is 0 Å². The van der Waals surface area contributed by atoms with Crippen molar-refractivity contribution >= 4 is 0 Å². The Morgan fingerprint density at radius 1 is 1.31 bits per heavy atom. The van der Waals surface area contributed by atoms with Crippen LogP contribution in [0.5, 0.6) is 0 Å². The molecule has 1 aliphatic heterocycles. The van der Waals surface area contributed by atoms with Gasteiger partial charge in [-0.1, -0.05) is 20.3 Å². The van der Waals surface area contributed by atoms with E-state index in [0.29, 0.717) is 24.5 Å². The molecule has 96 valence electrons. The molecule has 3 nitrogen and oxygen atoms in total. The predicted octanol–water partition coefficient (Wildman–Crippen LogP) is 1.51. The summed E-state index contributed by atoms with van der Waals surface area (Å²) in [5.41, 5.74) is 0. The third-order valence-corrected chi connectivity index (χ3v) is 3.50. The summed E-state index contributed by atoms with van der Waals surface area (Å²) < 4.78 is 0. The first-order valence-electron chi connectivity index (χ1n) is 6.74. The van der Waals surface area contributed by atoms with Crippen molar-refractivity contribution in [1.29, 1.82) is 0 Å². The third kappa shape index (κ3) is 5.28. The lowest BCUT2D eigenvalue weighted by atomic mass is 9.98. The maximum Gasteiger partial charge on any atom is 0.0687 e. The molecule has 3 atom stereocenters. The number of hydrogen-bond acceptors (Lipinski definition) is 3. The highest BCUT2D eigenvalue weighted by molar-refractivity contribution is 4.77. The summed E-state index contributed by atoms with van der Waals surface area (Å²) >= 11 is 0. The van der Waals surface area contributed by atoms with Gasteiger partial charge in [-0.05, 0) is 38.6 Å². The Labute approximate surface area is 100 Å². The molecule has 0 bridgehead atoms. The van der Waals surface area contributed by atoms with E-state index in [0.717, 1.165) is 0 Å². The van der Waals surface area contributed by atoms with Crippen LogP contribution in [0, 0.1) is 5.92 Å². The van der Waals surface area contributed by atoms with Gasteiger partial charge >= 0.3 is 0 Å². The number of aliphatic hydroxyl groups excluding tert-OH is 1. The molecule has 1 saturated heterocycles. The van der Waals surface area contributed by atoms with E-state index in [2.05, 4.69) is 31.4 Å². The molecule has 3 heteroatoms. The molecular formula is C13H28N2O. The smallest absolute Gasteiger partial charge is 0.0687 e. The highest BCUT2D eigenvalue weighted by atomic mass is 16.3. The molecule has 16 heavy (non-hydrogen) atoms. The Balaban J connectivity index is 2.12. The second-order valence-electron chi connectivity index (χ2n) is 5.50. The Bertz CT molecular complexity index is 179. The standard InChI is InChI=1S/C13H28N2O/c1-10(2)13(16)9-15-11(3)8-12-6-4-5-7-14-12/h10-16H,4-9H2,1-3H3. The van der Waals surface area contributed by atoms with E-state index in [4.69, 9.17) is 0 Å². The minimum Gasteiger partial charge on any atom is -0.392 e. The molecule has 0 amide bonds. The first kappa shape index (κ1) is 13.9. The summed E-state index contributed by atoms with van der Waals surface area (Å²) in [7, 11) is 0. The third-order valence-electron chi connectivity index (χ3n) is 3.50. The van der Waals surface area contributed by atoms with Crippen molar-refractivity contribution in [2.24, 2.45) is 5.92 Å². The van der Waals surface area contributed by atoms with Crippen LogP contribution in [0.2, 0.25) is 0 Å². The summed E-state index contributed by atoms with van der Waals surface area (Å²) in [5.74, 6) is 0.340. The van der Waals surface area contributed by atoms with E-state index in [1.165, 1.54) is 32.2 Å². The Kier molecular flexibility index (Phi) is 6.32. The Morgan fingerprint density at radius 2 is 2.06 bits per heavy atom. The van der Waals surface area contributed by atoms with Crippen molar-refractivity contribution in [3.63, 3.8) is 0 Å². The second-order valence-corrected chi connectivity index (χ2v) is 5.50. The van der Waals surface area contributed by atoms with Crippen LogP contribution in [0.1, 0.15) is 46.5 Å². The van der Waals surface area contributed by atoms with Crippen LogP contribution in [-0.2, 0) is 0 Å². The molecule has 0 aromatic carbocycles. The van der Waals surface area contributed by atoms with Gasteiger partial charge in [0, 0.05) is 18.6 Å². The van der Waals surface area contributed by atoms with Crippen LogP contribution in [0.3, 0.4) is 0 Å². The molecule has 1 rings (SSSR count). The average Bonchev–Trinajstić information content (AvgIpc) is 2.27. The zero-order valence-electron chi connectivity index (χ0n) is 11.0. The first-order chi connectivity index (χ1) is 7.59. The minimum atomic E-state index is -0.221. The van der Waals surface area contributed by atoms with Crippen molar-refractivity contribution in [3.8, 4) is 0 Å². The quantitative estimate of drug-likeness (QED) is 0.646. The monoisotopic (exact) mass is 228 g/mol. The fraction of sp³-hybridized carbons (Fsp3) is 1.00. The molecule has 0 aliphatic carbocycles. The Morgan fingerprint density at radius 3 is 2.62 bits per heavy atom. The summed E-state index contributed by atoms with van der Waals surface area (Å²) in [6, 6.07) is 1.16. The normalized spacial score (nSPS) is 25.7. The summed E-state index contributed by atoms with van der Waals surface area (Å²) in [6.07, 6.45) is 4.94. The molecule has 0 aromatic heterocycles. The minimum absolute atomic E-state index is 0.221. The van der Waals surface area contributed by atoms with Crippen molar-refractivity contribution in [3.05, 3.63) is 0 Å². The fourth-order valence-corrected chi connectivity index (χ4v) is 2.19. The second kappa shape index (κ2) is 7.25. The molecule has 1 heterocycles.